The molecule has 0 aliphatic rings. The van der Waals surface area contributed by atoms with Gasteiger partial charge in [0.15, 0.2) is 0 Å². The van der Waals surface area contributed by atoms with Crippen LogP contribution in [0, 0.1) is 0 Å². The first kappa shape index (κ1) is 14.8. The smallest absolute Gasteiger partial charge is 0.328 e. The lowest BCUT2D eigenvalue weighted by molar-refractivity contribution is -0.131. The predicted octanol–water partition coefficient (Wildman–Crippen LogP) is 2.42. The minimum absolute atomic E-state index is 0.298. The van der Waals surface area contributed by atoms with Gasteiger partial charge < -0.3 is 10.4 Å². The minimum Gasteiger partial charge on any atom is -0.478 e. The van der Waals surface area contributed by atoms with Crippen molar-refractivity contribution in [3.8, 4) is 0 Å². The van der Waals surface area contributed by atoms with Crippen molar-refractivity contribution in [3.63, 3.8) is 0 Å². The summed E-state index contributed by atoms with van der Waals surface area (Å²) in [5, 5.41) is 15.5. The second-order valence-electron chi connectivity index (χ2n) is 4.26. The third kappa shape index (κ3) is 3.93. The first-order chi connectivity index (χ1) is 9.95. The number of benzene rings is 1. The Morgan fingerprint density at radius 1 is 1.43 bits per heavy atom. The number of hydrogen-bond donors (Lipinski definition) is 2. The summed E-state index contributed by atoms with van der Waals surface area (Å²) in [4.78, 5) is 22.5. The number of aryl methyl sites for hydroxylation is 1. The molecule has 7 heteroatoms. The van der Waals surface area contributed by atoms with Gasteiger partial charge in [-0.1, -0.05) is 17.7 Å². The zero-order valence-electron chi connectivity index (χ0n) is 11.1. The van der Waals surface area contributed by atoms with Gasteiger partial charge in [-0.25, -0.2) is 4.79 Å². The van der Waals surface area contributed by atoms with Crippen LogP contribution in [0.1, 0.15) is 15.9 Å². The summed E-state index contributed by atoms with van der Waals surface area (Å²) < 4.78 is 1.57. The van der Waals surface area contributed by atoms with E-state index in [1.807, 2.05) is 0 Å². The highest BCUT2D eigenvalue weighted by Gasteiger charge is 2.09. The van der Waals surface area contributed by atoms with Crippen molar-refractivity contribution in [2.75, 3.05) is 5.32 Å². The number of anilines is 1. The third-order valence-corrected chi connectivity index (χ3v) is 2.96. The molecule has 0 bridgehead atoms. The number of carbonyl (C=O) groups excluding carboxylic acids is 1. The van der Waals surface area contributed by atoms with Crippen LogP contribution in [0.15, 0.2) is 36.7 Å². The second-order valence-corrected chi connectivity index (χ2v) is 4.67. The molecule has 0 radical (unpaired) electrons. The first-order valence-electron chi connectivity index (χ1n) is 5.96. The van der Waals surface area contributed by atoms with Crippen LogP contribution in [-0.2, 0) is 11.8 Å². The molecule has 108 valence electrons. The van der Waals surface area contributed by atoms with E-state index in [4.69, 9.17) is 16.7 Å². The molecule has 0 unspecified atom stereocenters. The number of amides is 1. The van der Waals surface area contributed by atoms with Crippen molar-refractivity contribution < 1.29 is 14.7 Å². The summed E-state index contributed by atoms with van der Waals surface area (Å²) in [6, 6.07) is 4.63. The number of carboxylic acids is 1. The number of nitrogens with zero attached hydrogens (tertiary/aromatic N) is 2. The molecule has 0 spiro atoms. The van der Waals surface area contributed by atoms with Crippen molar-refractivity contribution in [1.29, 1.82) is 0 Å². The third-order valence-electron chi connectivity index (χ3n) is 2.63. The van der Waals surface area contributed by atoms with E-state index in [2.05, 4.69) is 10.4 Å². The average Bonchev–Trinajstić information content (AvgIpc) is 2.82. The highest BCUT2D eigenvalue weighted by atomic mass is 35.5. The Labute approximate surface area is 125 Å². The average molecular weight is 306 g/mol. The van der Waals surface area contributed by atoms with Gasteiger partial charge in [-0.2, -0.15) is 5.10 Å². The van der Waals surface area contributed by atoms with E-state index in [0.29, 0.717) is 21.8 Å². The number of halogens is 1. The number of hydrogen-bond acceptors (Lipinski definition) is 3. The minimum atomic E-state index is -1.07. The maximum atomic E-state index is 12.0. The second kappa shape index (κ2) is 6.23. The van der Waals surface area contributed by atoms with Crippen LogP contribution in [0.25, 0.3) is 6.08 Å². The van der Waals surface area contributed by atoms with Gasteiger partial charge in [0, 0.05) is 29.9 Å². The summed E-state index contributed by atoms with van der Waals surface area (Å²) in [5.41, 5.74) is 1.47. The lowest BCUT2D eigenvalue weighted by Crippen LogP contribution is -2.11. The predicted molar refractivity (Wildman–Crippen MR) is 79.3 cm³/mol. The van der Waals surface area contributed by atoms with Crippen molar-refractivity contribution in [3.05, 3.63) is 52.8 Å². The maximum absolute atomic E-state index is 12.0. The van der Waals surface area contributed by atoms with E-state index in [9.17, 15) is 9.59 Å². The molecule has 0 atom stereocenters. The van der Waals surface area contributed by atoms with Gasteiger partial charge >= 0.3 is 5.97 Å². The number of carbonyl (C=O) groups is 2. The monoisotopic (exact) mass is 305 g/mol. The van der Waals surface area contributed by atoms with Crippen LogP contribution in [0.2, 0.25) is 5.02 Å². The SMILES string of the molecule is Cn1cc(NC(=O)c2ccc(/C=C/C(=O)O)c(Cl)c2)cn1. The number of rotatable bonds is 4. The molecule has 0 saturated heterocycles. The molecule has 1 aromatic heterocycles. The van der Waals surface area contributed by atoms with E-state index in [1.54, 1.807) is 30.1 Å². The van der Waals surface area contributed by atoms with Crippen molar-refractivity contribution in [2.24, 2.45) is 7.05 Å². The van der Waals surface area contributed by atoms with Gasteiger partial charge in [0.2, 0.25) is 0 Å². The highest BCUT2D eigenvalue weighted by Crippen LogP contribution is 2.20. The van der Waals surface area contributed by atoms with Crippen LogP contribution in [0.5, 0.6) is 0 Å². The molecule has 0 aliphatic carbocycles. The van der Waals surface area contributed by atoms with Crippen LogP contribution in [-0.4, -0.2) is 26.8 Å². The molecule has 1 amide bonds. The highest BCUT2D eigenvalue weighted by molar-refractivity contribution is 6.32. The fraction of sp³-hybridized carbons (Fsp3) is 0.0714. The summed E-state index contributed by atoms with van der Waals surface area (Å²) in [7, 11) is 1.75. The van der Waals surface area contributed by atoms with Gasteiger partial charge in [-0.15, -0.1) is 0 Å². The quantitative estimate of drug-likeness (QED) is 0.850. The Hall–Kier alpha value is -2.60. The Bertz CT molecular complexity index is 722. The van der Waals surface area contributed by atoms with Crippen LogP contribution in [0.4, 0.5) is 5.69 Å². The van der Waals surface area contributed by atoms with Gasteiger partial charge in [-0.05, 0) is 23.8 Å². The zero-order valence-corrected chi connectivity index (χ0v) is 11.8. The number of aromatic nitrogens is 2. The van der Waals surface area contributed by atoms with E-state index in [1.165, 1.54) is 18.3 Å². The van der Waals surface area contributed by atoms with Gasteiger partial charge in [-0.3, -0.25) is 9.48 Å². The molecular weight excluding hydrogens is 294 g/mol. The lowest BCUT2D eigenvalue weighted by Gasteiger charge is -2.04. The largest absolute Gasteiger partial charge is 0.478 e. The molecule has 2 aromatic rings. The topological polar surface area (TPSA) is 84.2 Å². The zero-order chi connectivity index (χ0) is 15.4. The van der Waals surface area contributed by atoms with Crippen LogP contribution in [0.3, 0.4) is 0 Å². The number of nitrogens with one attached hydrogen (secondary N) is 1. The summed E-state index contributed by atoms with van der Waals surface area (Å²) in [6.45, 7) is 0. The molecule has 0 aliphatic heterocycles. The fourth-order valence-electron chi connectivity index (χ4n) is 1.65. The molecule has 2 N–H and O–H groups in total. The summed E-state index contributed by atoms with van der Waals surface area (Å²) >= 11 is 6.02. The van der Waals surface area contributed by atoms with E-state index < -0.39 is 5.97 Å². The normalized spacial score (nSPS) is 10.8. The summed E-state index contributed by atoms with van der Waals surface area (Å²) in [5.74, 6) is -1.39. The van der Waals surface area contributed by atoms with E-state index in [-0.39, 0.29) is 5.91 Å². The lowest BCUT2D eigenvalue weighted by atomic mass is 10.1. The number of aliphatic carboxylic acids is 1. The van der Waals surface area contributed by atoms with Crippen molar-refractivity contribution in [1.82, 2.24) is 9.78 Å². The molecule has 1 heterocycles. The van der Waals surface area contributed by atoms with Crippen molar-refractivity contribution >= 4 is 35.2 Å². The van der Waals surface area contributed by atoms with Gasteiger partial charge in [0.05, 0.1) is 11.9 Å². The van der Waals surface area contributed by atoms with Gasteiger partial charge in [0.1, 0.15) is 0 Å². The molecule has 21 heavy (non-hydrogen) atoms. The molecule has 0 fully saturated rings. The van der Waals surface area contributed by atoms with Crippen molar-refractivity contribution in [2.45, 2.75) is 0 Å². The molecule has 0 saturated carbocycles. The Balaban J connectivity index is 2.15. The summed E-state index contributed by atoms with van der Waals surface area (Å²) in [6.07, 6.45) is 5.55. The Morgan fingerprint density at radius 3 is 2.76 bits per heavy atom. The van der Waals surface area contributed by atoms with Crippen LogP contribution < -0.4 is 5.32 Å². The first-order valence-corrected chi connectivity index (χ1v) is 6.34. The standard InChI is InChI=1S/C14H12ClN3O3/c1-18-8-11(7-16-18)17-14(21)10-3-2-9(12(15)6-10)4-5-13(19)20/h2-8H,1H3,(H,17,21)(H,19,20)/b5-4+. The molecule has 2 rings (SSSR count). The Kier molecular flexibility index (Phi) is 4.39. The molecule has 6 nitrogen and oxygen atoms in total. The molecule has 1 aromatic carbocycles. The van der Waals surface area contributed by atoms with Gasteiger partial charge in [0.25, 0.3) is 5.91 Å². The molecular formula is C14H12ClN3O3. The van der Waals surface area contributed by atoms with Crippen LogP contribution >= 0.6 is 11.6 Å². The fourth-order valence-corrected chi connectivity index (χ4v) is 1.90. The van der Waals surface area contributed by atoms with E-state index in [0.717, 1.165) is 6.08 Å². The number of carboxylic acid groups (broad SMARTS) is 1. The van der Waals surface area contributed by atoms with E-state index >= 15 is 0 Å². The Morgan fingerprint density at radius 2 is 2.19 bits per heavy atom. The maximum Gasteiger partial charge on any atom is 0.328 e.